The van der Waals surface area contributed by atoms with Crippen LogP contribution in [0.15, 0.2) is 121 Å². The van der Waals surface area contributed by atoms with Crippen LogP contribution in [0, 0.1) is 20.8 Å². The van der Waals surface area contributed by atoms with Crippen LogP contribution in [-0.4, -0.2) is 20.1 Å². The molecule has 1 N–H and O–H groups in total. The van der Waals surface area contributed by atoms with Crippen LogP contribution in [0.5, 0.6) is 46.0 Å². The zero-order chi connectivity index (χ0) is 49.7. The molecule has 0 unspecified atom stereocenters. The number of aryl methyl sites for hydroxylation is 3. The summed E-state index contributed by atoms with van der Waals surface area (Å²) in [6.45, 7) is 26.9. The molecule has 9 heteroatoms. The first-order valence-corrected chi connectivity index (χ1v) is 25.7. The van der Waals surface area contributed by atoms with E-state index in [0.717, 1.165) is 90.6 Å². The van der Waals surface area contributed by atoms with Crippen LogP contribution in [0.4, 0.5) is 28.4 Å². The van der Waals surface area contributed by atoms with Gasteiger partial charge in [-0.1, -0.05) is 129 Å². The van der Waals surface area contributed by atoms with Gasteiger partial charge in [0.1, 0.15) is 46.0 Å². The number of hydrogen-bond donors (Lipinski definition) is 1. The van der Waals surface area contributed by atoms with Gasteiger partial charge in [0.25, 0.3) is 20.1 Å². The first-order valence-electron chi connectivity index (χ1n) is 25.7. The van der Waals surface area contributed by atoms with E-state index in [1.54, 1.807) is 0 Å². The van der Waals surface area contributed by atoms with Crippen LogP contribution in [0.1, 0.15) is 95.7 Å². The summed E-state index contributed by atoms with van der Waals surface area (Å²) in [4.78, 5) is 2.57. The Morgan fingerprint density at radius 3 is 1.40 bits per heavy atom. The normalized spacial score (nSPS) is 14.8. The van der Waals surface area contributed by atoms with Crippen molar-refractivity contribution >= 4 is 97.7 Å². The molecule has 0 amide bonds. The molecule has 0 aromatic heterocycles. The largest absolute Gasteiger partial charge is 0.458 e. The number of hydrogen-bond acceptors (Lipinski definition) is 6. The van der Waals surface area contributed by atoms with E-state index < -0.39 is 0 Å². The number of rotatable bonds is 1. The highest BCUT2D eigenvalue weighted by atomic mass is 16.5. The molecule has 0 saturated carbocycles. The summed E-state index contributed by atoms with van der Waals surface area (Å²) < 4.78 is 28.2. The maximum absolute atomic E-state index is 7.40. The van der Waals surface area contributed by atoms with Crippen molar-refractivity contribution in [2.24, 2.45) is 0 Å². The summed E-state index contributed by atoms with van der Waals surface area (Å²) in [5, 5.41) is 4.06. The molecular weight excluding hydrogens is 881 g/mol. The maximum Gasteiger partial charge on any atom is 0.260 e. The Kier molecular flexibility index (Phi) is 8.75. The Morgan fingerprint density at radius 2 is 0.833 bits per heavy atom. The van der Waals surface area contributed by atoms with Crippen molar-refractivity contribution in [3.05, 3.63) is 155 Å². The average Bonchev–Trinajstić information content (AvgIpc) is 3.31. The number of anilines is 5. The minimum atomic E-state index is -0.181. The Labute approximate surface area is 425 Å². The Bertz CT molecular complexity index is 3740. The van der Waals surface area contributed by atoms with E-state index in [2.05, 4.69) is 215 Å². The Morgan fingerprint density at radius 1 is 0.375 bits per heavy atom. The van der Waals surface area contributed by atoms with Gasteiger partial charge in [0.2, 0.25) is 0 Å². The second-order valence-corrected chi connectivity index (χ2v) is 24.4. The summed E-state index contributed by atoms with van der Waals surface area (Å²) in [7, 11) is 0. The quantitative estimate of drug-likeness (QED) is 0.166. The second kappa shape index (κ2) is 14.5. The zero-order valence-electron chi connectivity index (χ0n) is 43.4. The molecule has 8 aromatic rings. The van der Waals surface area contributed by atoms with Gasteiger partial charge >= 0.3 is 0 Å². The van der Waals surface area contributed by atoms with Gasteiger partial charge in [-0.05, 0) is 163 Å². The van der Waals surface area contributed by atoms with E-state index >= 15 is 0 Å². The Hall–Kier alpha value is -7.25. The van der Waals surface area contributed by atoms with Gasteiger partial charge in [-0.3, -0.25) is 0 Å². The first-order chi connectivity index (χ1) is 34.3. The van der Waals surface area contributed by atoms with Crippen LogP contribution in [0.2, 0.25) is 0 Å². The fourth-order valence-corrected chi connectivity index (χ4v) is 12.8. The summed E-state index contributed by atoms with van der Waals surface area (Å²) >= 11 is 0. The monoisotopic (exact) mass is 938 g/mol. The SMILES string of the molecule is Cc1cc(C)c(N2c3cc4c(cc3B3c5cc6c(cc5Oc5cc(C(C)(C)C)cc2c53)Oc2cc(C(C)(C)C)cc3c2B6c2ccccc2O3)B2c3ccccc3Oc3cc(C(C)(C)C)cc(c32)N4)c(C)c1. The number of ether oxygens (including phenoxy) is 4. The van der Waals surface area contributed by atoms with Gasteiger partial charge < -0.3 is 29.2 Å². The lowest BCUT2D eigenvalue weighted by atomic mass is 9.29. The highest BCUT2D eigenvalue weighted by Crippen LogP contribution is 2.48. The predicted octanol–water partition coefficient (Wildman–Crippen LogP) is 10.3. The van der Waals surface area contributed by atoms with Crippen LogP contribution < -0.4 is 78.3 Å². The Balaban J connectivity index is 1.06. The zero-order valence-corrected chi connectivity index (χ0v) is 43.4. The van der Waals surface area contributed by atoms with Crippen molar-refractivity contribution in [3.63, 3.8) is 0 Å². The molecule has 0 saturated heterocycles. The summed E-state index contributed by atoms with van der Waals surface area (Å²) in [6.07, 6.45) is 0. The molecule has 0 aliphatic carbocycles. The topological polar surface area (TPSA) is 52.2 Å². The molecule has 0 atom stereocenters. The third-order valence-electron chi connectivity index (χ3n) is 16.4. The van der Waals surface area contributed by atoms with Gasteiger partial charge in [-0.15, -0.1) is 0 Å². The molecule has 6 aliphatic heterocycles. The van der Waals surface area contributed by atoms with Gasteiger partial charge in [-0.2, -0.15) is 0 Å². The van der Waals surface area contributed by atoms with E-state index in [1.807, 2.05) is 0 Å². The van der Waals surface area contributed by atoms with Crippen LogP contribution in [0.25, 0.3) is 0 Å². The fraction of sp³-hybridized carbons (Fsp3) is 0.238. The smallest absolute Gasteiger partial charge is 0.260 e. The molecule has 0 spiro atoms. The van der Waals surface area contributed by atoms with Crippen LogP contribution in [-0.2, 0) is 16.2 Å². The van der Waals surface area contributed by atoms with E-state index in [1.165, 1.54) is 66.4 Å². The molecule has 352 valence electrons. The van der Waals surface area contributed by atoms with E-state index in [-0.39, 0.29) is 36.4 Å². The molecule has 0 radical (unpaired) electrons. The minimum absolute atomic E-state index is 0.0566. The van der Waals surface area contributed by atoms with Gasteiger partial charge in [0.05, 0.1) is 5.69 Å². The standard InChI is InChI=1S/C63H57B3N2O4/c1-33-21-34(2)60(35(3)22-33)68-47-31-45-41(64-39-17-13-15-19-49(39)69-53-25-36(61(4,5)6)23-46(67-45)57(53)64)29-42(47)66-44-30-43-51(32-52(44)71-54-26-37(62(7,8)9)24-48(68)58(54)66)72-56-28-38(63(10,11)12)27-55-59(56)65(43)40-18-14-16-20-50(40)70-55/h13-32,67H,1-12H3. The lowest BCUT2D eigenvalue weighted by Crippen LogP contribution is -2.64. The first kappa shape index (κ1) is 43.5. The second-order valence-electron chi connectivity index (χ2n) is 24.4. The van der Waals surface area contributed by atoms with E-state index in [9.17, 15) is 0 Å². The van der Waals surface area contributed by atoms with Gasteiger partial charge in [0, 0.05) is 34.3 Å². The fourth-order valence-electron chi connectivity index (χ4n) is 12.8. The number of benzene rings is 8. The van der Waals surface area contributed by atoms with Crippen molar-refractivity contribution in [1.82, 2.24) is 0 Å². The van der Waals surface area contributed by atoms with Gasteiger partial charge in [0.15, 0.2) is 0 Å². The van der Waals surface area contributed by atoms with Crippen molar-refractivity contribution in [1.29, 1.82) is 0 Å². The van der Waals surface area contributed by atoms with Crippen LogP contribution >= 0.6 is 0 Å². The van der Waals surface area contributed by atoms with E-state index in [0.29, 0.717) is 0 Å². The maximum atomic E-state index is 7.40. The lowest BCUT2D eigenvalue weighted by Gasteiger charge is -2.44. The van der Waals surface area contributed by atoms with E-state index in [4.69, 9.17) is 18.9 Å². The summed E-state index contributed by atoms with van der Waals surface area (Å²) in [5.41, 5.74) is 23.1. The lowest BCUT2D eigenvalue weighted by molar-refractivity contribution is 0.451. The molecule has 0 fully saturated rings. The molecule has 6 aliphatic rings. The predicted molar refractivity (Wildman–Crippen MR) is 301 cm³/mol. The number of para-hydroxylation sites is 2. The molecular formula is C63H57B3N2O4. The van der Waals surface area contributed by atoms with Crippen molar-refractivity contribution in [2.45, 2.75) is 99.3 Å². The van der Waals surface area contributed by atoms with Crippen molar-refractivity contribution in [3.8, 4) is 46.0 Å². The molecule has 72 heavy (non-hydrogen) atoms. The van der Waals surface area contributed by atoms with Gasteiger partial charge in [-0.25, -0.2) is 0 Å². The third kappa shape index (κ3) is 6.18. The highest BCUT2D eigenvalue weighted by molar-refractivity contribution is 7.03. The molecule has 6 heterocycles. The molecule has 0 bridgehead atoms. The minimum Gasteiger partial charge on any atom is -0.458 e. The third-order valence-corrected chi connectivity index (χ3v) is 16.4. The number of fused-ring (bicyclic) bond motifs is 12. The molecule has 8 aromatic carbocycles. The summed E-state index contributed by atoms with van der Waals surface area (Å²) in [5.74, 6) is 6.90. The molecule has 14 rings (SSSR count). The highest BCUT2D eigenvalue weighted by Gasteiger charge is 2.49. The molecule has 6 nitrogen and oxygen atoms in total. The summed E-state index contributed by atoms with van der Waals surface area (Å²) in [6, 6.07) is 45.3. The van der Waals surface area contributed by atoms with Crippen molar-refractivity contribution in [2.75, 3.05) is 10.2 Å². The number of nitrogens with one attached hydrogen (secondary N) is 1. The van der Waals surface area contributed by atoms with Crippen LogP contribution in [0.3, 0.4) is 0 Å². The average molecular weight is 939 g/mol. The van der Waals surface area contributed by atoms with Crippen molar-refractivity contribution < 1.29 is 18.9 Å². The number of nitrogens with zero attached hydrogens (tertiary/aromatic N) is 1.